The second-order valence-electron chi connectivity index (χ2n) is 4.94. The molecule has 1 aliphatic rings. The van der Waals surface area contributed by atoms with Gasteiger partial charge in [-0.15, -0.1) is 0 Å². The van der Waals surface area contributed by atoms with Gasteiger partial charge in [0.2, 0.25) is 0 Å². The molecule has 1 atom stereocenters. The number of ether oxygens (including phenoxy) is 1. The molecule has 0 aromatic heterocycles. The maximum absolute atomic E-state index is 12.2. The van der Waals surface area contributed by atoms with Crippen LogP contribution in [0.25, 0.3) is 0 Å². The summed E-state index contributed by atoms with van der Waals surface area (Å²) in [6, 6.07) is 3.59. The Labute approximate surface area is 102 Å². The molecule has 17 heavy (non-hydrogen) atoms. The molecule has 92 valence electrons. The zero-order chi connectivity index (χ0) is 12.6. The molecule has 0 saturated heterocycles. The van der Waals surface area contributed by atoms with Crippen molar-refractivity contribution in [3.63, 3.8) is 0 Å². The number of carbonyl (C=O) groups excluding carboxylic acids is 1. The van der Waals surface area contributed by atoms with E-state index in [-0.39, 0.29) is 5.78 Å². The van der Waals surface area contributed by atoms with E-state index in [0.29, 0.717) is 24.5 Å². The quantitative estimate of drug-likeness (QED) is 0.810. The molecule has 0 aliphatic carbocycles. The number of nitrogens with two attached hydrogens (primary N) is 1. The lowest BCUT2D eigenvalue weighted by atomic mass is 9.92. The highest BCUT2D eigenvalue weighted by Crippen LogP contribution is 2.34. The normalized spacial score (nSPS) is 19.8. The first-order chi connectivity index (χ1) is 8.02. The van der Waals surface area contributed by atoms with Crippen LogP contribution < -0.4 is 10.5 Å². The molecule has 1 unspecified atom stereocenters. The monoisotopic (exact) mass is 233 g/mol. The second-order valence-corrected chi connectivity index (χ2v) is 4.94. The Hall–Kier alpha value is -1.35. The summed E-state index contributed by atoms with van der Waals surface area (Å²) >= 11 is 0. The van der Waals surface area contributed by atoms with Crippen molar-refractivity contribution in [2.24, 2.45) is 5.73 Å². The van der Waals surface area contributed by atoms with Gasteiger partial charge in [-0.25, -0.2) is 0 Å². The van der Waals surface area contributed by atoms with E-state index < -0.39 is 6.04 Å². The van der Waals surface area contributed by atoms with Gasteiger partial charge in [0, 0.05) is 6.42 Å². The molecule has 2 N–H and O–H groups in total. The topological polar surface area (TPSA) is 52.3 Å². The summed E-state index contributed by atoms with van der Waals surface area (Å²) in [7, 11) is 0. The zero-order valence-corrected chi connectivity index (χ0v) is 10.6. The summed E-state index contributed by atoms with van der Waals surface area (Å²) in [4.78, 5) is 12.2. The van der Waals surface area contributed by atoms with E-state index in [0.717, 1.165) is 16.9 Å². The molecule has 0 radical (unpaired) electrons. The summed E-state index contributed by atoms with van der Waals surface area (Å²) in [6.45, 7) is 6.65. The number of hydrogen-bond donors (Lipinski definition) is 1. The number of carbonyl (C=O) groups is 1. The number of Topliss-reactive ketones (excluding diaryl/α,β-unsaturated/α-hetero) is 1. The Kier molecular flexibility index (Phi) is 3.20. The number of ketones is 1. The van der Waals surface area contributed by atoms with Crippen LogP contribution in [-0.4, -0.2) is 18.4 Å². The number of aryl methyl sites for hydroxylation is 1. The first-order valence-corrected chi connectivity index (χ1v) is 6.08. The fourth-order valence-corrected chi connectivity index (χ4v) is 2.22. The lowest BCUT2D eigenvalue weighted by Gasteiger charge is -2.16. The van der Waals surface area contributed by atoms with Crippen LogP contribution in [0.3, 0.4) is 0 Å². The highest BCUT2D eigenvalue weighted by molar-refractivity contribution is 6.04. The Morgan fingerprint density at radius 3 is 2.76 bits per heavy atom. The van der Waals surface area contributed by atoms with Gasteiger partial charge in [-0.2, -0.15) is 0 Å². The molecule has 1 aromatic carbocycles. The fourth-order valence-electron chi connectivity index (χ4n) is 2.22. The van der Waals surface area contributed by atoms with E-state index in [1.165, 1.54) is 0 Å². The van der Waals surface area contributed by atoms with Crippen molar-refractivity contribution in [1.29, 1.82) is 0 Å². The van der Waals surface area contributed by atoms with Gasteiger partial charge in [-0.3, -0.25) is 4.79 Å². The SMILES string of the molecule is Cc1ccc(C(C)C)c2c1C(=O)C(N)CCO2. The molecule has 0 amide bonds. The molecule has 3 heteroatoms. The van der Waals surface area contributed by atoms with Gasteiger partial charge in [0.1, 0.15) is 5.75 Å². The number of benzene rings is 1. The number of fused-ring (bicyclic) bond motifs is 1. The van der Waals surface area contributed by atoms with Crippen molar-refractivity contribution in [3.05, 3.63) is 28.8 Å². The lowest BCUT2D eigenvalue weighted by molar-refractivity contribution is 0.0960. The van der Waals surface area contributed by atoms with Crippen molar-refractivity contribution >= 4 is 5.78 Å². The van der Waals surface area contributed by atoms with E-state index in [1.807, 2.05) is 19.1 Å². The maximum atomic E-state index is 12.2. The van der Waals surface area contributed by atoms with Crippen LogP contribution in [0.1, 0.15) is 47.7 Å². The predicted octanol–water partition coefficient (Wildman–Crippen LogP) is 2.41. The van der Waals surface area contributed by atoms with Crippen LogP contribution in [-0.2, 0) is 0 Å². The molecule has 2 rings (SSSR count). The van der Waals surface area contributed by atoms with Crippen LogP contribution in [0.4, 0.5) is 0 Å². The van der Waals surface area contributed by atoms with Crippen molar-refractivity contribution in [2.45, 2.75) is 39.2 Å². The third-order valence-corrected chi connectivity index (χ3v) is 3.28. The number of rotatable bonds is 1. The standard InChI is InChI=1S/C14H19NO2/c1-8(2)10-5-4-9(3)12-13(16)11(15)6-7-17-14(10)12/h4-5,8,11H,6-7,15H2,1-3H3. The van der Waals surface area contributed by atoms with Crippen LogP contribution >= 0.6 is 0 Å². The van der Waals surface area contributed by atoms with Crippen molar-refractivity contribution in [1.82, 2.24) is 0 Å². The van der Waals surface area contributed by atoms with Crippen LogP contribution in [0.15, 0.2) is 12.1 Å². The zero-order valence-electron chi connectivity index (χ0n) is 10.6. The van der Waals surface area contributed by atoms with E-state index in [4.69, 9.17) is 10.5 Å². The van der Waals surface area contributed by atoms with Crippen LogP contribution in [0, 0.1) is 6.92 Å². The predicted molar refractivity (Wildman–Crippen MR) is 67.7 cm³/mol. The summed E-state index contributed by atoms with van der Waals surface area (Å²) < 4.78 is 5.76. The average molecular weight is 233 g/mol. The smallest absolute Gasteiger partial charge is 0.183 e. The average Bonchev–Trinajstić information content (AvgIpc) is 2.40. The molecule has 1 aromatic rings. The van der Waals surface area contributed by atoms with Crippen LogP contribution in [0.5, 0.6) is 5.75 Å². The second kappa shape index (κ2) is 4.49. The van der Waals surface area contributed by atoms with Crippen LogP contribution in [0.2, 0.25) is 0 Å². The summed E-state index contributed by atoms with van der Waals surface area (Å²) in [5, 5.41) is 0. The van der Waals surface area contributed by atoms with E-state index in [1.54, 1.807) is 0 Å². The van der Waals surface area contributed by atoms with E-state index in [9.17, 15) is 4.79 Å². The summed E-state index contributed by atoms with van der Waals surface area (Å²) in [5.41, 5.74) is 8.58. The fraction of sp³-hybridized carbons (Fsp3) is 0.500. The highest BCUT2D eigenvalue weighted by atomic mass is 16.5. The molecule has 0 fully saturated rings. The van der Waals surface area contributed by atoms with Gasteiger partial charge < -0.3 is 10.5 Å². The molecule has 1 aliphatic heterocycles. The minimum Gasteiger partial charge on any atom is -0.492 e. The van der Waals surface area contributed by atoms with Gasteiger partial charge in [-0.05, 0) is 24.0 Å². The Balaban J connectivity index is 2.63. The third-order valence-electron chi connectivity index (χ3n) is 3.28. The lowest BCUT2D eigenvalue weighted by Crippen LogP contribution is -2.30. The van der Waals surface area contributed by atoms with Crippen molar-refractivity contribution < 1.29 is 9.53 Å². The molecule has 0 spiro atoms. The van der Waals surface area contributed by atoms with Gasteiger partial charge in [0.15, 0.2) is 5.78 Å². The summed E-state index contributed by atoms with van der Waals surface area (Å²) in [5.74, 6) is 1.10. The Morgan fingerprint density at radius 1 is 1.41 bits per heavy atom. The van der Waals surface area contributed by atoms with Gasteiger partial charge >= 0.3 is 0 Å². The molecule has 1 heterocycles. The molecule has 0 saturated carbocycles. The van der Waals surface area contributed by atoms with Gasteiger partial charge in [0.05, 0.1) is 18.2 Å². The molecule has 3 nitrogen and oxygen atoms in total. The largest absolute Gasteiger partial charge is 0.492 e. The van der Waals surface area contributed by atoms with Gasteiger partial charge in [0.25, 0.3) is 0 Å². The minimum atomic E-state index is -0.433. The molecule has 0 bridgehead atoms. The van der Waals surface area contributed by atoms with E-state index >= 15 is 0 Å². The van der Waals surface area contributed by atoms with E-state index in [2.05, 4.69) is 13.8 Å². The minimum absolute atomic E-state index is 0.0116. The maximum Gasteiger partial charge on any atom is 0.183 e. The number of hydrogen-bond acceptors (Lipinski definition) is 3. The third kappa shape index (κ3) is 2.07. The molecular formula is C14H19NO2. The van der Waals surface area contributed by atoms with Gasteiger partial charge in [-0.1, -0.05) is 26.0 Å². The Morgan fingerprint density at radius 2 is 2.12 bits per heavy atom. The Bertz CT molecular complexity index is 452. The first kappa shape index (κ1) is 12.1. The molecular weight excluding hydrogens is 214 g/mol. The summed E-state index contributed by atoms with van der Waals surface area (Å²) in [6.07, 6.45) is 0.588. The first-order valence-electron chi connectivity index (χ1n) is 6.08. The van der Waals surface area contributed by atoms with Crippen molar-refractivity contribution in [3.8, 4) is 5.75 Å². The van der Waals surface area contributed by atoms with Crippen molar-refractivity contribution in [2.75, 3.05) is 6.61 Å². The highest BCUT2D eigenvalue weighted by Gasteiger charge is 2.27.